The van der Waals surface area contributed by atoms with Gasteiger partial charge in [-0.05, 0) is 17.7 Å². The van der Waals surface area contributed by atoms with Gasteiger partial charge in [0.15, 0.2) is 10.8 Å². The Morgan fingerprint density at radius 2 is 2.42 bits per heavy atom. The van der Waals surface area contributed by atoms with Crippen molar-refractivity contribution in [2.45, 2.75) is 0 Å². The molecule has 0 aliphatic heterocycles. The van der Waals surface area contributed by atoms with Crippen LogP contribution in [0.25, 0.3) is 11.1 Å². The summed E-state index contributed by atoms with van der Waals surface area (Å²) in [6.07, 6.45) is 1.55. The summed E-state index contributed by atoms with van der Waals surface area (Å²) in [6, 6.07) is 5.16. The van der Waals surface area contributed by atoms with Gasteiger partial charge in [-0.15, -0.1) is 0 Å². The van der Waals surface area contributed by atoms with Crippen LogP contribution in [0.15, 0.2) is 22.7 Å². The molecule has 0 aromatic carbocycles. The molecule has 0 N–H and O–H groups in total. The molecule has 0 aliphatic carbocycles. The first kappa shape index (κ1) is 7.14. The maximum atomic E-state index is 8.66. The number of aromatic nitrogens is 1. The molecule has 0 fully saturated rings. The number of nitrogens with zero attached hydrogens (tertiary/aromatic N) is 2. The number of hydrogen-bond donors (Lipinski definition) is 0. The van der Waals surface area contributed by atoms with Crippen LogP contribution >= 0.6 is 11.6 Å². The van der Waals surface area contributed by atoms with Gasteiger partial charge in [0.25, 0.3) is 0 Å². The molecule has 0 radical (unpaired) electrons. The standard InChI is InChI=1S/C8H3ClN2O/c9-7-3-6-8(12-7)5(4-10)1-2-11-6/h1-3H. The molecule has 0 aliphatic rings. The molecule has 2 rings (SSSR count). The van der Waals surface area contributed by atoms with Gasteiger partial charge in [0, 0.05) is 12.3 Å². The molecule has 4 heteroatoms. The molecular formula is C8H3ClN2O. The average Bonchev–Trinajstić information content (AvgIpc) is 2.44. The first-order chi connectivity index (χ1) is 5.81. The smallest absolute Gasteiger partial charge is 0.196 e. The molecule has 0 saturated carbocycles. The maximum Gasteiger partial charge on any atom is 0.196 e. The summed E-state index contributed by atoms with van der Waals surface area (Å²) in [5.41, 5.74) is 1.51. The van der Waals surface area contributed by atoms with Crippen molar-refractivity contribution in [3.63, 3.8) is 0 Å². The van der Waals surface area contributed by atoms with Gasteiger partial charge in [0.2, 0.25) is 0 Å². The van der Waals surface area contributed by atoms with Gasteiger partial charge in [0.05, 0.1) is 5.56 Å². The molecule has 2 aromatic heterocycles. The van der Waals surface area contributed by atoms with Crippen LogP contribution in [0.2, 0.25) is 5.22 Å². The van der Waals surface area contributed by atoms with Crippen LogP contribution in [0, 0.1) is 11.3 Å². The molecule has 3 nitrogen and oxygen atoms in total. The highest BCUT2D eigenvalue weighted by molar-refractivity contribution is 6.29. The van der Waals surface area contributed by atoms with Gasteiger partial charge < -0.3 is 4.42 Å². The predicted molar refractivity (Wildman–Crippen MR) is 43.7 cm³/mol. The second-order valence-corrected chi connectivity index (χ2v) is 2.61. The number of halogens is 1. The van der Waals surface area contributed by atoms with Crippen LogP contribution in [0.3, 0.4) is 0 Å². The van der Waals surface area contributed by atoms with Crippen LogP contribution < -0.4 is 0 Å². The Labute approximate surface area is 73.2 Å². The van der Waals surface area contributed by atoms with E-state index in [0.717, 1.165) is 0 Å². The third-order valence-electron chi connectivity index (χ3n) is 1.50. The number of pyridine rings is 1. The highest BCUT2D eigenvalue weighted by atomic mass is 35.5. The molecular weight excluding hydrogens is 176 g/mol. The van der Waals surface area contributed by atoms with Gasteiger partial charge in [-0.25, -0.2) is 0 Å². The normalized spacial score (nSPS) is 10.0. The number of rotatable bonds is 0. The zero-order valence-electron chi connectivity index (χ0n) is 5.91. The number of hydrogen-bond acceptors (Lipinski definition) is 3. The third kappa shape index (κ3) is 0.936. The summed E-state index contributed by atoms with van der Waals surface area (Å²) in [7, 11) is 0. The third-order valence-corrected chi connectivity index (χ3v) is 1.69. The Kier molecular flexibility index (Phi) is 1.49. The zero-order valence-corrected chi connectivity index (χ0v) is 6.67. The minimum atomic E-state index is 0.250. The van der Waals surface area contributed by atoms with E-state index in [2.05, 4.69) is 4.98 Å². The Bertz CT molecular complexity index is 469. The lowest BCUT2D eigenvalue weighted by Gasteiger charge is -1.87. The van der Waals surface area contributed by atoms with E-state index < -0.39 is 0 Å². The second-order valence-electron chi connectivity index (χ2n) is 2.24. The minimum Gasteiger partial charge on any atom is -0.442 e. The van der Waals surface area contributed by atoms with E-state index in [1.54, 1.807) is 18.3 Å². The Morgan fingerprint density at radius 3 is 3.17 bits per heavy atom. The first-order valence-electron chi connectivity index (χ1n) is 3.25. The van der Waals surface area contributed by atoms with Crippen molar-refractivity contribution in [3.05, 3.63) is 29.1 Å². The Balaban J connectivity index is 2.89. The maximum absolute atomic E-state index is 8.66. The number of nitriles is 1. The largest absolute Gasteiger partial charge is 0.442 e. The molecule has 0 spiro atoms. The summed E-state index contributed by atoms with van der Waals surface area (Å²) < 4.78 is 5.07. The fourth-order valence-electron chi connectivity index (χ4n) is 0.997. The molecule has 12 heavy (non-hydrogen) atoms. The Hall–Kier alpha value is -1.53. The quantitative estimate of drug-likeness (QED) is 0.622. The van der Waals surface area contributed by atoms with Crippen molar-refractivity contribution in [3.8, 4) is 6.07 Å². The molecule has 0 saturated heterocycles. The molecule has 2 aromatic rings. The lowest BCUT2D eigenvalue weighted by molar-refractivity contribution is 0.616. The summed E-state index contributed by atoms with van der Waals surface area (Å²) in [6.45, 7) is 0. The summed E-state index contributed by atoms with van der Waals surface area (Å²) in [5.74, 6) is 0. The Morgan fingerprint density at radius 1 is 1.58 bits per heavy atom. The van der Waals surface area contributed by atoms with Crippen LogP contribution in [0.4, 0.5) is 0 Å². The van der Waals surface area contributed by atoms with Gasteiger partial charge in [-0.1, -0.05) is 0 Å². The van der Waals surface area contributed by atoms with Crippen LogP contribution in [-0.2, 0) is 0 Å². The number of furan rings is 1. The lowest BCUT2D eigenvalue weighted by Crippen LogP contribution is -1.76. The molecule has 2 heterocycles. The molecule has 58 valence electrons. The van der Waals surface area contributed by atoms with E-state index in [9.17, 15) is 0 Å². The van der Waals surface area contributed by atoms with E-state index in [0.29, 0.717) is 16.7 Å². The van der Waals surface area contributed by atoms with E-state index in [-0.39, 0.29) is 5.22 Å². The van der Waals surface area contributed by atoms with Gasteiger partial charge in [-0.3, -0.25) is 4.98 Å². The summed E-state index contributed by atoms with van der Waals surface area (Å²) in [5, 5.41) is 8.91. The lowest BCUT2D eigenvalue weighted by atomic mass is 10.2. The van der Waals surface area contributed by atoms with Crippen molar-refractivity contribution in [1.82, 2.24) is 4.98 Å². The highest BCUT2D eigenvalue weighted by Crippen LogP contribution is 2.23. The van der Waals surface area contributed by atoms with Crippen LogP contribution in [0.1, 0.15) is 5.56 Å². The average molecular weight is 179 g/mol. The zero-order chi connectivity index (χ0) is 8.55. The molecule has 0 atom stereocenters. The van der Waals surface area contributed by atoms with E-state index in [1.807, 2.05) is 6.07 Å². The van der Waals surface area contributed by atoms with Gasteiger partial charge in [0.1, 0.15) is 11.6 Å². The van der Waals surface area contributed by atoms with E-state index in [4.69, 9.17) is 21.3 Å². The van der Waals surface area contributed by atoms with Crippen molar-refractivity contribution in [2.75, 3.05) is 0 Å². The van der Waals surface area contributed by atoms with Crippen molar-refractivity contribution < 1.29 is 4.42 Å². The first-order valence-corrected chi connectivity index (χ1v) is 3.63. The summed E-state index contributed by atoms with van der Waals surface area (Å²) >= 11 is 5.60. The van der Waals surface area contributed by atoms with Gasteiger partial charge in [-0.2, -0.15) is 5.26 Å². The molecule has 0 bridgehead atoms. The van der Waals surface area contributed by atoms with Gasteiger partial charge >= 0.3 is 0 Å². The minimum absolute atomic E-state index is 0.250. The fourth-order valence-corrected chi connectivity index (χ4v) is 1.18. The topological polar surface area (TPSA) is 49.8 Å². The van der Waals surface area contributed by atoms with Crippen LogP contribution in [-0.4, -0.2) is 4.98 Å². The number of fused-ring (bicyclic) bond motifs is 1. The highest BCUT2D eigenvalue weighted by Gasteiger charge is 2.06. The second kappa shape index (κ2) is 2.50. The predicted octanol–water partition coefficient (Wildman–Crippen LogP) is 2.35. The van der Waals surface area contributed by atoms with E-state index >= 15 is 0 Å². The SMILES string of the molecule is N#Cc1ccnc2cc(Cl)oc12. The fraction of sp³-hybridized carbons (Fsp3) is 0. The monoisotopic (exact) mass is 178 g/mol. The van der Waals surface area contributed by atoms with Crippen LogP contribution in [0.5, 0.6) is 0 Å². The van der Waals surface area contributed by atoms with Crippen molar-refractivity contribution >= 4 is 22.7 Å². The molecule has 0 amide bonds. The van der Waals surface area contributed by atoms with Crippen molar-refractivity contribution in [1.29, 1.82) is 5.26 Å². The summed E-state index contributed by atoms with van der Waals surface area (Å²) in [4.78, 5) is 3.98. The molecule has 0 unspecified atom stereocenters. The van der Waals surface area contributed by atoms with Crippen molar-refractivity contribution in [2.24, 2.45) is 0 Å². The van der Waals surface area contributed by atoms with E-state index in [1.165, 1.54) is 0 Å².